The number of carbonyl (C=O) groups is 2. The first-order valence-electron chi connectivity index (χ1n) is 6.61. The van der Waals surface area contributed by atoms with Gasteiger partial charge in [-0.1, -0.05) is 0 Å². The summed E-state index contributed by atoms with van der Waals surface area (Å²) in [5.74, 6) is -1.23. The fraction of sp³-hybridized carbons (Fsp3) is 0.500. The number of carbonyl (C=O) groups excluding carboxylic acids is 1. The smallest absolute Gasteiger partial charge is 0.323 e. The monoisotopic (exact) mass is 277 g/mol. The normalized spacial score (nSPS) is 14.8. The van der Waals surface area contributed by atoms with E-state index in [1.807, 2.05) is 20.9 Å². The highest BCUT2D eigenvalue weighted by Crippen LogP contribution is 2.27. The fourth-order valence-corrected chi connectivity index (χ4v) is 2.20. The van der Waals surface area contributed by atoms with Crippen molar-refractivity contribution in [2.75, 3.05) is 6.54 Å². The Morgan fingerprint density at radius 1 is 1.45 bits per heavy atom. The van der Waals surface area contributed by atoms with E-state index >= 15 is 0 Å². The number of rotatable bonds is 5. The quantitative estimate of drug-likeness (QED) is 0.818. The Balaban J connectivity index is 2.12. The molecule has 1 aliphatic carbocycles. The van der Waals surface area contributed by atoms with Crippen molar-refractivity contribution in [3.63, 3.8) is 0 Å². The summed E-state index contributed by atoms with van der Waals surface area (Å²) >= 11 is 0. The molecule has 20 heavy (non-hydrogen) atoms. The van der Waals surface area contributed by atoms with Crippen LogP contribution < -0.4 is 0 Å². The van der Waals surface area contributed by atoms with Crippen molar-refractivity contribution < 1.29 is 14.7 Å². The molecular weight excluding hydrogens is 258 g/mol. The van der Waals surface area contributed by atoms with E-state index in [9.17, 15) is 9.59 Å². The molecule has 1 aromatic heterocycles. The standard InChI is InChI=1S/C14H19N3O3/c1-9-12(10(2)16(3)15-9)6-7-13(18)17(8-14(19)20)11-4-5-11/h6-7,11H,4-5,8H2,1-3H3,(H,19,20). The van der Waals surface area contributed by atoms with Crippen LogP contribution in [0, 0.1) is 13.8 Å². The lowest BCUT2D eigenvalue weighted by molar-refractivity contribution is -0.143. The molecule has 0 unspecified atom stereocenters. The molecular formula is C14H19N3O3. The van der Waals surface area contributed by atoms with Crippen LogP contribution in [0.5, 0.6) is 0 Å². The molecule has 0 bridgehead atoms. The third kappa shape index (κ3) is 3.07. The first-order valence-corrected chi connectivity index (χ1v) is 6.61. The Bertz CT molecular complexity index is 570. The number of nitrogens with zero attached hydrogens (tertiary/aromatic N) is 3. The van der Waals surface area contributed by atoms with Gasteiger partial charge in [-0.25, -0.2) is 0 Å². The van der Waals surface area contributed by atoms with Crippen molar-refractivity contribution in [1.29, 1.82) is 0 Å². The Morgan fingerprint density at radius 2 is 2.10 bits per heavy atom. The summed E-state index contributed by atoms with van der Waals surface area (Å²) in [6.45, 7) is 3.58. The molecule has 0 saturated heterocycles. The van der Waals surface area contributed by atoms with Gasteiger partial charge in [-0.05, 0) is 32.8 Å². The second-order valence-electron chi connectivity index (χ2n) is 5.13. The van der Waals surface area contributed by atoms with Gasteiger partial charge in [0.2, 0.25) is 5.91 Å². The zero-order chi connectivity index (χ0) is 14.9. The van der Waals surface area contributed by atoms with Gasteiger partial charge in [-0.2, -0.15) is 5.10 Å². The van der Waals surface area contributed by atoms with E-state index in [1.54, 1.807) is 10.8 Å². The number of hydrogen-bond acceptors (Lipinski definition) is 3. The predicted octanol–water partition coefficient (Wildman–Crippen LogP) is 1.13. The minimum absolute atomic E-state index is 0.0827. The van der Waals surface area contributed by atoms with Crippen LogP contribution in [0.4, 0.5) is 0 Å². The maximum absolute atomic E-state index is 12.1. The van der Waals surface area contributed by atoms with Crippen molar-refractivity contribution in [3.05, 3.63) is 23.0 Å². The SMILES string of the molecule is Cc1nn(C)c(C)c1C=CC(=O)N(CC(=O)O)C1CC1. The van der Waals surface area contributed by atoms with E-state index in [2.05, 4.69) is 5.10 Å². The molecule has 1 aliphatic rings. The van der Waals surface area contributed by atoms with Crippen molar-refractivity contribution in [3.8, 4) is 0 Å². The molecule has 2 rings (SSSR count). The Labute approximate surface area is 117 Å². The highest BCUT2D eigenvalue weighted by molar-refractivity contribution is 5.94. The van der Waals surface area contributed by atoms with Crippen LogP contribution in [-0.2, 0) is 16.6 Å². The van der Waals surface area contributed by atoms with Gasteiger partial charge in [0.1, 0.15) is 6.54 Å². The second-order valence-corrected chi connectivity index (χ2v) is 5.13. The number of carboxylic acids is 1. The van der Waals surface area contributed by atoms with E-state index in [1.165, 1.54) is 11.0 Å². The molecule has 1 heterocycles. The maximum Gasteiger partial charge on any atom is 0.323 e. The first kappa shape index (κ1) is 14.3. The highest BCUT2D eigenvalue weighted by Gasteiger charge is 2.32. The number of aromatic nitrogens is 2. The molecule has 1 aromatic rings. The van der Waals surface area contributed by atoms with Crippen molar-refractivity contribution in [1.82, 2.24) is 14.7 Å². The van der Waals surface area contributed by atoms with Gasteiger partial charge in [0.05, 0.1) is 5.69 Å². The molecule has 6 heteroatoms. The molecule has 108 valence electrons. The van der Waals surface area contributed by atoms with Crippen molar-refractivity contribution in [2.45, 2.75) is 32.7 Å². The first-order chi connectivity index (χ1) is 9.40. The van der Waals surface area contributed by atoms with Gasteiger partial charge in [0.15, 0.2) is 0 Å². The number of carboxylic acid groups (broad SMARTS) is 1. The number of aliphatic carboxylic acids is 1. The highest BCUT2D eigenvalue weighted by atomic mass is 16.4. The summed E-state index contributed by atoms with van der Waals surface area (Å²) in [4.78, 5) is 24.3. The van der Waals surface area contributed by atoms with Crippen LogP contribution in [0.3, 0.4) is 0 Å². The Kier molecular flexibility index (Phi) is 3.92. The van der Waals surface area contributed by atoms with Crippen LogP contribution in [0.1, 0.15) is 29.8 Å². The number of amides is 1. The number of hydrogen-bond donors (Lipinski definition) is 1. The van der Waals surface area contributed by atoms with E-state index < -0.39 is 5.97 Å². The molecule has 0 radical (unpaired) electrons. The lowest BCUT2D eigenvalue weighted by Gasteiger charge is -2.17. The van der Waals surface area contributed by atoms with Crippen molar-refractivity contribution >= 4 is 18.0 Å². The largest absolute Gasteiger partial charge is 0.480 e. The Hall–Kier alpha value is -2.11. The lowest BCUT2D eigenvalue weighted by Crippen LogP contribution is -2.36. The van der Waals surface area contributed by atoms with Crippen LogP contribution >= 0.6 is 0 Å². The summed E-state index contributed by atoms with van der Waals surface area (Å²) in [7, 11) is 1.85. The minimum atomic E-state index is -0.979. The summed E-state index contributed by atoms with van der Waals surface area (Å²) in [6, 6.07) is 0.0827. The van der Waals surface area contributed by atoms with E-state index in [-0.39, 0.29) is 18.5 Å². The summed E-state index contributed by atoms with van der Waals surface area (Å²) in [5.41, 5.74) is 2.74. The van der Waals surface area contributed by atoms with Crippen LogP contribution in [-0.4, -0.2) is 44.3 Å². The van der Waals surface area contributed by atoms with Crippen LogP contribution in [0.25, 0.3) is 6.08 Å². The van der Waals surface area contributed by atoms with Gasteiger partial charge in [0.25, 0.3) is 0 Å². The fourth-order valence-electron chi connectivity index (χ4n) is 2.20. The van der Waals surface area contributed by atoms with Gasteiger partial charge in [0, 0.05) is 30.4 Å². The molecule has 1 amide bonds. The zero-order valence-corrected chi connectivity index (χ0v) is 12.0. The molecule has 1 N–H and O–H groups in total. The molecule has 0 aliphatic heterocycles. The van der Waals surface area contributed by atoms with Crippen molar-refractivity contribution in [2.24, 2.45) is 7.05 Å². The topological polar surface area (TPSA) is 75.4 Å². The maximum atomic E-state index is 12.1. The average Bonchev–Trinajstić information content (AvgIpc) is 3.15. The van der Waals surface area contributed by atoms with Gasteiger partial charge in [-0.3, -0.25) is 14.3 Å². The average molecular weight is 277 g/mol. The summed E-state index contributed by atoms with van der Waals surface area (Å²) < 4.78 is 1.76. The van der Waals surface area contributed by atoms with E-state index in [4.69, 9.17) is 5.11 Å². The minimum Gasteiger partial charge on any atom is -0.480 e. The molecule has 6 nitrogen and oxygen atoms in total. The lowest BCUT2D eigenvalue weighted by atomic mass is 10.2. The Morgan fingerprint density at radius 3 is 2.55 bits per heavy atom. The number of aryl methyl sites for hydroxylation is 2. The summed E-state index contributed by atoms with van der Waals surface area (Å²) in [5, 5.41) is 13.1. The second kappa shape index (κ2) is 5.48. The van der Waals surface area contributed by atoms with E-state index in [0.717, 1.165) is 29.8 Å². The molecule has 0 atom stereocenters. The van der Waals surface area contributed by atoms with Gasteiger partial charge in [-0.15, -0.1) is 0 Å². The van der Waals surface area contributed by atoms with Crippen LogP contribution in [0.15, 0.2) is 6.08 Å². The summed E-state index contributed by atoms with van der Waals surface area (Å²) in [6.07, 6.45) is 4.94. The van der Waals surface area contributed by atoms with E-state index in [0.29, 0.717) is 0 Å². The van der Waals surface area contributed by atoms with Crippen LogP contribution in [0.2, 0.25) is 0 Å². The molecule has 0 aromatic carbocycles. The van der Waals surface area contributed by atoms with Gasteiger partial charge < -0.3 is 10.0 Å². The third-order valence-corrected chi connectivity index (χ3v) is 3.53. The predicted molar refractivity (Wildman–Crippen MR) is 74.1 cm³/mol. The van der Waals surface area contributed by atoms with Gasteiger partial charge >= 0.3 is 5.97 Å². The third-order valence-electron chi connectivity index (χ3n) is 3.53. The molecule has 1 saturated carbocycles. The molecule has 0 spiro atoms. The molecule has 1 fully saturated rings. The zero-order valence-electron chi connectivity index (χ0n) is 12.0.